The number of thiophene rings is 1. The standard InChI is InChI=1S/C27H22ClN3O4S/c28-17-11-12-19-18(14-17)25(16-6-2-1-3-7-16)26(27(35)29-19)20-15-21(22-8-5-13-36-22)31(30-20)23(32)9-4-10-24(33)34/h1-3,5-8,11-15,21,30H,4,9-10H2,(H,29,35)(H,33,34)/p-1/t21-/m1/s1. The van der Waals surface area contributed by atoms with Gasteiger partial charge in [0.25, 0.3) is 5.56 Å². The van der Waals surface area contributed by atoms with Crippen molar-refractivity contribution in [3.8, 4) is 11.1 Å². The first-order valence-electron chi connectivity index (χ1n) is 11.4. The highest BCUT2D eigenvalue weighted by Crippen LogP contribution is 2.38. The molecule has 5 rings (SSSR count). The number of aromatic amines is 1. The Kier molecular flexibility index (Phi) is 6.63. The molecular weight excluding hydrogens is 498 g/mol. The molecule has 0 aliphatic carbocycles. The number of hydrazine groups is 1. The topological polar surface area (TPSA) is 105 Å². The Labute approximate surface area is 215 Å². The Hall–Kier alpha value is -3.88. The Balaban J connectivity index is 1.64. The number of H-pyrrole nitrogens is 1. The van der Waals surface area contributed by atoms with Crippen LogP contribution in [0.4, 0.5) is 0 Å². The first kappa shape index (κ1) is 23.8. The van der Waals surface area contributed by atoms with E-state index in [0.717, 1.165) is 15.8 Å². The van der Waals surface area contributed by atoms with Gasteiger partial charge in [-0.1, -0.05) is 48.0 Å². The van der Waals surface area contributed by atoms with Crippen molar-refractivity contribution in [2.24, 2.45) is 0 Å². The van der Waals surface area contributed by atoms with Gasteiger partial charge >= 0.3 is 0 Å². The molecule has 0 saturated heterocycles. The van der Waals surface area contributed by atoms with Gasteiger partial charge in [-0.2, -0.15) is 0 Å². The third-order valence-electron chi connectivity index (χ3n) is 6.03. The van der Waals surface area contributed by atoms with Crippen LogP contribution in [-0.4, -0.2) is 21.9 Å². The molecule has 1 amide bonds. The van der Waals surface area contributed by atoms with Crippen LogP contribution in [0.3, 0.4) is 0 Å². The highest BCUT2D eigenvalue weighted by Gasteiger charge is 2.33. The quantitative estimate of drug-likeness (QED) is 0.380. The predicted molar refractivity (Wildman–Crippen MR) is 139 cm³/mol. The number of aliphatic carboxylic acids is 1. The van der Waals surface area contributed by atoms with Crippen LogP contribution in [0.15, 0.2) is 76.9 Å². The van der Waals surface area contributed by atoms with Gasteiger partial charge in [-0.05, 0) is 54.1 Å². The number of aromatic nitrogens is 1. The van der Waals surface area contributed by atoms with Crippen molar-refractivity contribution < 1.29 is 14.7 Å². The molecule has 7 nitrogen and oxygen atoms in total. The summed E-state index contributed by atoms with van der Waals surface area (Å²) in [4.78, 5) is 41.3. The van der Waals surface area contributed by atoms with Gasteiger partial charge < -0.3 is 14.9 Å². The van der Waals surface area contributed by atoms with E-state index in [1.807, 2.05) is 60.0 Å². The predicted octanol–water partition coefficient (Wildman–Crippen LogP) is 4.26. The van der Waals surface area contributed by atoms with Gasteiger partial charge in [-0.25, -0.2) is 5.01 Å². The number of nitrogens with zero attached hydrogens (tertiary/aromatic N) is 1. The SMILES string of the molecule is O=C([O-])CCCC(=O)N1NC(c2c(-c3ccccc3)c3cc(Cl)ccc3[nH]c2=O)=C[C@@H]1c1cccs1. The third-order valence-corrected chi connectivity index (χ3v) is 7.20. The fourth-order valence-electron chi connectivity index (χ4n) is 4.43. The smallest absolute Gasteiger partial charge is 0.258 e. The average Bonchev–Trinajstić information content (AvgIpc) is 3.54. The van der Waals surface area contributed by atoms with E-state index in [9.17, 15) is 19.5 Å². The van der Waals surface area contributed by atoms with Crippen molar-refractivity contribution in [1.29, 1.82) is 0 Å². The lowest BCUT2D eigenvalue weighted by Gasteiger charge is -2.25. The Bertz CT molecular complexity index is 1530. The summed E-state index contributed by atoms with van der Waals surface area (Å²) in [6.07, 6.45) is 1.85. The average molecular weight is 519 g/mol. The van der Waals surface area contributed by atoms with Gasteiger partial charge in [0.2, 0.25) is 5.91 Å². The van der Waals surface area contributed by atoms with Crippen LogP contribution in [0.25, 0.3) is 27.7 Å². The summed E-state index contributed by atoms with van der Waals surface area (Å²) in [6.45, 7) is 0. The lowest BCUT2D eigenvalue weighted by molar-refractivity contribution is -0.305. The number of amides is 1. The number of hydrogen-bond acceptors (Lipinski definition) is 6. The van der Waals surface area contributed by atoms with Crippen LogP contribution in [0, 0.1) is 0 Å². The number of halogens is 1. The molecule has 2 aromatic heterocycles. The number of rotatable bonds is 7. The van der Waals surface area contributed by atoms with Crippen molar-refractivity contribution in [3.05, 3.63) is 97.9 Å². The van der Waals surface area contributed by atoms with Gasteiger partial charge in [-0.15, -0.1) is 11.3 Å². The maximum absolute atomic E-state index is 13.5. The maximum Gasteiger partial charge on any atom is 0.258 e. The zero-order valence-corrected chi connectivity index (χ0v) is 20.6. The van der Waals surface area contributed by atoms with E-state index in [0.29, 0.717) is 27.4 Å². The normalized spacial score (nSPS) is 15.1. The van der Waals surface area contributed by atoms with E-state index < -0.39 is 12.0 Å². The first-order chi connectivity index (χ1) is 17.4. The molecule has 182 valence electrons. The van der Waals surface area contributed by atoms with Gasteiger partial charge in [0.05, 0.1) is 11.3 Å². The second-order valence-corrected chi connectivity index (χ2v) is 9.82. The van der Waals surface area contributed by atoms with Crippen LogP contribution in [0.2, 0.25) is 5.02 Å². The fraction of sp³-hybridized carbons (Fsp3) is 0.148. The van der Waals surface area contributed by atoms with Crippen molar-refractivity contribution in [2.75, 3.05) is 0 Å². The lowest BCUT2D eigenvalue weighted by Crippen LogP contribution is -2.40. The number of pyridine rings is 1. The number of hydrogen-bond donors (Lipinski definition) is 2. The molecule has 0 spiro atoms. The largest absolute Gasteiger partial charge is 0.550 e. The summed E-state index contributed by atoms with van der Waals surface area (Å²) in [6, 6.07) is 18.2. The highest BCUT2D eigenvalue weighted by atomic mass is 35.5. The summed E-state index contributed by atoms with van der Waals surface area (Å²) in [5.41, 5.74) is 5.91. The molecular formula is C27H21ClN3O4S-. The van der Waals surface area contributed by atoms with E-state index in [2.05, 4.69) is 10.4 Å². The lowest BCUT2D eigenvalue weighted by atomic mass is 9.94. The zero-order valence-electron chi connectivity index (χ0n) is 19.0. The molecule has 1 aliphatic heterocycles. The minimum absolute atomic E-state index is 0.0270. The minimum Gasteiger partial charge on any atom is -0.550 e. The summed E-state index contributed by atoms with van der Waals surface area (Å²) in [5, 5.41) is 15.5. The minimum atomic E-state index is -1.19. The summed E-state index contributed by atoms with van der Waals surface area (Å²) < 4.78 is 0. The van der Waals surface area contributed by atoms with E-state index >= 15 is 0 Å². The van der Waals surface area contributed by atoms with E-state index in [1.54, 1.807) is 12.1 Å². The molecule has 0 bridgehead atoms. The molecule has 4 aromatic rings. The number of fused-ring (bicyclic) bond motifs is 1. The molecule has 9 heteroatoms. The molecule has 3 heterocycles. The second kappa shape index (κ2) is 10.0. The number of carbonyl (C=O) groups is 2. The van der Waals surface area contributed by atoms with Crippen molar-refractivity contribution >= 4 is 51.4 Å². The van der Waals surface area contributed by atoms with E-state index in [1.165, 1.54) is 16.3 Å². The molecule has 0 fully saturated rings. The zero-order chi connectivity index (χ0) is 25.2. The number of carbonyl (C=O) groups excluding carboxylic acids is 2. The van der Waals surface area contributed by atoms with Gasteiger partial charge in [0, 0.05) is 38.8 Å². The van der Waals surface area contributed by atoms with Crippen molar-refractivity contribution in [1.82, 2.24) is 15.4 Å². The third kappa shape index (κ3) is 4.65. The van der Waals surface area contributed by atoms with Gasteiger partial charge in [-0.3, -0.25) is 15.0 Å². The molecule has 0 unspecified atom stereocenters. The van der Waals surface area contributed by atoms with Crippen LogP contribution in [-0.2, 0) is 9.59 Å². The number of benzene rings is 2. The van der Waals surface area contributed by atoms with Gasteiger partial charge in [0.15, 0.2) is 0 Å². The van der Waals surface area contributed by atoms with E-state index in [-0.39, 0.29) is 30.7 Å². The number of carboxylic acids is 1. The maximum atomic E-state index is 13.5. The number of carboxylic acid groups (broad SMARTS) is 1. The molecule has 2 aromatic carbocycles. The summed E-state index contributed by atoms with van der Waals surface area (Å²) in [5.74, 6) is -1.47. The van der Waals surface area contributed by atoms with Gasteiger partial charge in [0.1, 0.15) is 6.04 Å². The van der Waals surface area contributed by atoms with Crippen LogP contribution in [0.1, 0.15) is 35.7 Å². The summed E-state index contributed by atoms with van der Waals surface area (Å²) >= 11 is 7.83. The summed E-state index contributed by atoms with van der Waals surface area (Å²) in [7, 11) is 0. The Morgan fingerprint density at radius 2 is 1.83 bits per heavy atom. The Morgan fingerprint density at radius 1 is 1.03 bits per heavy atom. The fourth-order valence-corrected chi connectivity index (χ4v) is 5.38. The molecule has 2 N–H and O–H groups in total. The van der Waals surface area contributed by atoms with Crippen molar-refractivity contribution in [3.63, 3.8) is 0 Å². The molecule has 0 saturated carbocycles. The van der Waals surface area contributed by atoms with E-state index in [4.69, 9.17) is 11.6 Å². The number of nitrogens with one attached hydrogen (secondary N) is 2. The van der Waals surface area contributed by atoms with Crippen LogP contribution >= 0.6 is 22.9 Å². The van der Waals surface area contributed by atoms with Crippen LogP contribution < -0.4 is 16.1 Å². The molecule has 36 heavy (non-hydrogen) atoms. The Morgan fingerprint density at radius 3 is 2.56 bits per heavy atom. The first-order valence-corrected chi connectivity index (χ1v) is 12.6. The highest BCUT2D eigenvalue weighted by molar-refractivity contribution is 7.10. The van der Waals surface area contributed by atoms with Crippen LogP contribution in [0.5, 0.6) is 0 Å². The van der Waals surface area contributed by atoms with Crippen molar-refractivity contribution in [2.45, 2.75) is 25.3 Å². The molecule has 1 atom stereocenters. The molecule has 0 radical (unpaired) electrons. The second-order valence-electron chi connectivity index (χ2n) is 8.40. The monoisotopic (exact) mass is 518 g/mol. The molecule has 1 aliphatic rings.